The SMILES string of the molecule is COCc1nc2n(n1)CCCC2Nc1ncccc1C#N. The quantitative estimate of drug-likeness (QED) is 0.918. The van der Waals surface area contributed by atoms with E-state index in [4.69, 9.17) is 10.00 Å². The molecule has 7 nitrogen and oxygen atoms in total. The molecule has 0 aromatic carbocycles. The second-order valence-electron chi connectivity index (χ2n) is 4.89. The van der Waals surface area contributed by atoms with E-state index in [0.29, 0.717) is 23.8 Å². The molecule has 1 aliphatic rings. The van der Waals surface area contributed by atoms with Crippen LogP contribution in [0.5, 0.6) is 0 Å². The number of nitrogens with zero attached hydrogens (tertiary/aromatic N) is 5. The summed E-state index contributed by atoms with van der Waals surface area (Å²) in [4.78, 5) is 8.77. The number of anilines is 1. The molecule has 0 radical (unpaired) electrons. The van der Waals surface area contributed by atoms with Crippen LogP contribution >= 0.6 is 0 Å². The van der Waals surface area contributed by atoms with Crippen LogP contribution in [-0.2, 0) is 17.9 Å². The molecule has 2 aromatic rings. The third-order valence-corrected chi connectivity index (χ3v) is 3.43. The zero-order valence-electron chi connectivity index (χ0n) is 11.8. The maximum absolute atomic E-state index is 9.14. The second kappa shape index (κ2) is 5.89. The normalized spacial score (nSPS) is 17.0. The second-order valence-corrected chi connectivity index (χ2v) is 4.89. The lowest BCUT2D eigenvalue weighted by atomic mass is 10.1. The third-order valence-electron chi connectivity index (χ3n) is 3.43. The lowest BCUT2D eigenvalue weighted by molar-refractivity contribution is 0.177. The van der Waals surface area contributed by atoms with Crippen LogP contribution < -0.4 is 5.32 Å². The molecule has 0 aliphatic carbocycles. The van der Waals surface area contributed by atoms with E-state index < -0.39 is 0 Å². The van der Waals surface area contributed by atoms with Gasteiger partial charge >= 0.3 is 0 Å². The van der Waals surface area contributed by atoms with E-state index >= 15 is 0 Å². The molecule has 3 rings (SSSR count). The minimum atomic E-state index is 0.0128. The number of methoxy groups -OCH3 is 1. The van der Waals surface area contributed by atoms with Crippen molar-refractivity contribution in [1.29, 1.82) is 5.26 Å². The molecule has 0 spiro atoms. The molecule has 1 unspecified atom stereocenters. The number of hydrogen-bond acceptors (Lipinski definition) is 6. The van der Waals surface area contributed by atoms with Gasteiger partial charge in [0.05, 0.1) is 11.6 Å². The van der Waals surface area contributed by atoms with Gasteiger partial charge in [0.1, 0.15) is 24.3 Å². The van der Waals surface area contributed by atoms with Gasteiger partial charge in [0.15, 0.2) is 5.82 Å². The van der Waals surface area contributed by atoms with Crippen molar-refractivity contribution in [2.75, 3.05) is 12.4 Å². The molecule has 0 bridgehead atoms. The van der Waals surface area contributed by atoms with E-state index in [2.05, 4.69) is 26.5 Å². The van der Waals surface area contributed by atoms with Crippen molar-refractivity contribution >= 4 is 5.82 Å². The van der Waals surface area contributed by atoms with Crippen LogP contribution in [0, 0.1) is 11.3 Å². The largest absolute Gasteiger partial charge is 0.377 e. The van der Waals surface area contributed by atoms with E-state index in [9.17, 15) is 0 Å². The fraction of sp³-hybridized carbons (Fsp3) is 0.429. The minimum absolute atomic E-state index is 0.0128. The Morgan fingerprint density at radius 2 is 2.48 bits per heavy atom. The first-order valence-corrected chi connectivity index (χ1v) is 6.86. The van der Waals surface area contributed by atoms with Gasteiger partial charge in [-0.15, -0.1) is 0 Å². The van der Waals surface area contributed by atoms with Gasteiger partial charge in [-0.05, 0) is 25.0 Å². The van der Waals surface area contributed by atoms with Gasteiger partial charge in [-0.2, -0.15) is 10.4 Å². The molecule has 1 atom stereocenters. The van der Waals surface area contributed by atoms with Crippen LogP contribution in [0.3, 0.4) is 0 Å². The first-order valence-electron chi connectivity index (χ1n) is 6.86. The Morgan fingerprint density at radius 3 is 3.29 bits per heavy atom. The highest BCUT2D eigenvalue weighted by Gasteiger charge is 2.25. The zero-order valence-corrected chi connectivity index (χ0v) is 11.8. The van der Waals surface area contributed by atoms with Crippen LogP contribution in [0.2, 0.25) is 0 Å². The van der Waals surface area contributed by atoms with Crippen LogP contribution in [0.25, 0.3) is 0 Å². The Morgan fingerprint density at radius 1 is 1.57 bits per heavy atom. The predicted octanol–water partition coefficient (Wildman–Crippen LogP) is 1.64. The number of hydrogen-bond donors (Lipinski definition) is 1. The van der Waals surface area contributed by atoms with E-state index in [0.717, 1.165) is 25.2 Å². The smallest absolute Gasteiger partial charge is 0.176 e. The Kier molecular flexibility index (Phi) is 3.79. The topological polar surface area (TPSA) is 88.7 Å². The third kappa shape index (κ3) is 2.71. The Labute approximate surface area is 122 Å². The molecule has 1 aliphatic heterocycles. The van der Waals surface area contributed by atoms with Crippen LogP contribution in [0.1, 0.15) is 36.1 Å². The molecular weight excluding hydrogens is 268 g/mol. The Bertz CT molecular complexity index is 674. The first kappa shape index (κ1) is 13.5. The standard InChI is InChI=1S/C14H16N6O/c1-21-9-12-18-14-11(5-3-7-20(14)19-12)17-13-10(8-15)4-2-6-16-13/h2,4,6,11H,3,5,7,9H2,1H3,(H,16,17). The first-order chi connectivity index (χ1) is 10.3. The highest BCUT2D eigenvalue weighted by molar-refractivity contribution is 5.52. The molecule has 7 heteroatoms. The lowest BCUT2D eigenvalue weighted by Crippen LogP contribution is -2.23. The van der Waals surface area contributed by atoms with Gasteiger partial charge in [0.25, 0.3) is 0 Å². The van der Waals surface area contributed by atoms with Crippen molar-refractivity contribution < 1.29 is 4.74 Å². The molecule has 0 saturated carbocycles. The van der Waals surface area contributed by atoms with Crippen molar-refractivity contribution in [2.45, 2.75) is 32.0 Å². The predicted molar refractivity (Wildman–Crippen MR) is 75.3 cm³/mol. The monoisotopic (exact) mass is 284 g/mol. The number of nitrogens with one attached hydrogen (secondary N) is 1. The van der Waals surface area contributed by atoms with Gasteiger partial charge in [-0.1, -0.05) is 0 Å². The summed E-state index contributed by atoms with van der Waals surface area (Å²) >= 11 is 0. The molecule has 108 valence electrons. The zero-order chi connectivity index (χ0) is 14.7. The number of aromatic nitrogens is 4. The molecule has 1 N–H and O–H groups in total. The summed E-state index contributed by atoms with van der Waals surface area (Å²) in [6, 6.07) is 5.66. The molecule has 0 saturated heterocycles. The van der Waals surface area contributed by atoms with Crippen molar-refractivity contribution in [3.63, 3.8) is 0 Å². The average Bonchev–Trinajstić information content (AvgIpc) is 2.92. The summed E-state index contributed by atoms with van der Waals surface area (Å²) in [5.74, 6) is 2.15. The lowest BCUT2D eigenvalue weighted by Gasteiger charge is -2.23. The van der Waals surface area contributed by atoms with E-state index in [1.54, 1.807) is 25.4 Å². The van der Waals surface area contributed by atoms with Gasteiger partial charge in [0.2, 0.25) is 0 Å². The fourth-order valence-electron chi connectivity index (χ4n) is 2.50. The summed E-state index contributed by atoms with van der Waals surface area (Å²) in [5, 5.41) is 16.9. The van der Waals surface area contributed by atoms with Crippen molar-refractivity contribution in [1.82, 2.24) is 19.7 Å². The molecule has 0 fully saturated rings. The molecule has 21 heavy (non-hydrogen) atoms. The number of nitriles is 1. The maximum atomic E-state index is 9.14. The van der Waals surface area contributed by atoms with Crippen LogP contribution in [-0.4, -0.2) is 26.9 Å². The van der Waals surface area contributed by atoms with Gasteiger partial charge in [0, 0.05) is 19.9 Å². The number of fused-ring (bicyclic) bond motifs is 1. The van der Waals surface area contributed by atoms with Gasteiger partial charge < -0.3 is 10.1 Å². The van der Waals surface area contributed by atoms with Gasteiger partial charge in [-0.3, -0.25) is 0 Å². The van der Waals surface area contributed by atoms with Crippen molar-refractivity contribution in [3.05, 3.63) is 35.5 Å². The average molecular weight is 284 g/mol. The minimum Gasteiger partial charge on any atom is -0.377 e. The Hall–Kier alpha value is -2.46. The van der Waals surface area contributed by atoms with Crippen LogP contribution in [0.4, 0.5) is 5.82 Å². The number of ether oxygens (including phenoxy) is 1. The summed E-state index contributed by atoms with van der Waals surface area (Å²) in [7, 11) is 1.63. The number of rotatable bonds is 4. The van der Waals surface area contributed by atoms with Crippen molar-refractivity contribution in [3.8, 4) is 6.07 Å². The van der Waals surface area contributed by atoms with E-state index in [1.165, 1.54) is 0 Å². The number of aryl methyl sites for hydroxylation is 1. The summed E-state index contributed by atoms with van der Waals surface area (Å²) < 4.78 is 6.99. The highest BCUT2D eigenvalue weighted by Crippen LogP contribution is 2.27. The maximum Gasteiger partial charge on any atom is 0.176 e. The summed E-state index contributed by atoms with van der Waals surface area (Å²) in [6.07, 6.45) is 3.62. The molecular formula is C14H16N6O. The molecule has 0 amide bonds. The summed E-state index contributed by atoms with van der Waals surface area (Å²) in [5.41, 5.74) is 0.534. The Balaban J connectivity index is 1.86. The highest BCUT2D eigenvalue weighted by atomic mass is 16.5. The van der Waals surface area contributed by atoms with E-state index in [-0.39, 0.29) is 6.04 Å². The van der Waals surface area contributed by atoms with E-state index in [1.807, 2.05) is 4.68 Å². The van der Waals surface area contributed by atoms with Crippen molar-refractivity contribution in [2.24, 2.45) is 0 Å². The van der Waals surface area contributed by atoms with Crippen LogP contribution in [0.15, 0.2) is 18.3 Å². The fourth-order valence-corrected chi connectivity index (χ4v) is 2.50. The summed E-state index contributed by atoms with van der Waals surface area (Å²) in [6.45, 7) is 1.26. The molecule has 2 aromatic heterocycles. The van der Waals surface area contributed by atoms with Gasteiger partial charge in [-0.25, -0.2) is 14.6 Å². The number of pyridine rings is 1. The molecule has 3 heterocycles.